The van der Waals surface area contributed by atoms with Crippen molar-refractivity contribution in [3.8, 4) is 0 Å². The molecule has 1 aromatic rings. The highest BCUT2D eigenvalue weighted by molar-refractivity contribution is 7.89. The van der Waals surface area contributed by atoms with Gasteiger partial charge in [0.25, 0.3) is 0 Å². The molecule has 1 fully saturated rings. The first kappa shape index (κ1) is 21.0. The van der Waals surface area contributed by atoms with Gasteiger partial charge in [0.1, 0.15) is 4.90 Å². The summed E-state index contributed by atoms with van der Waals surface area (Å²) in [7, 11) is -3.62. The van der Waals surface area contributed by atoms with E-state index < -0.39 is 10.0 Å². The van der Waals surface area contributed by atoms with Gasteiger partial charge in [-0.3, -0.25) is 0 Å². The Bertz CT molecular complexity index is 605. The minimum absolute atomic E-state index is 0. The zero-order valence-electron chi connectivity index (χ0n) is 12.6. The highest BCUT2D eigenvalue weighted by Gasteiger charge is 2.31. The number of ether oxygens (including phenoxy) is 1. The number of sulfonamides is 1. The lowest BCUT2D eigenvalue weighted by Crippen LogP contribution is -2.41. The summed E-state index contributed by atoms with van der Waals surface area (Å²) in [6.45, 7) is 2.05. The molecule has 0 aromatic heterocycles. The maximum absolute atomic E-state index is 12.7. The minimum atomic E-state index is -3.62. The maximum Gasteiger partial charge on any atom is 0.244 e. The van der Waals surface area contributed by atoms with Crippen molar-refractivity contribution in [3.63, 3.8) is 0 Å². The van der Waals surface area contributed by atoms with E-state index in [1.54, 1.807) is 12.1 Å². The van der Waals surface area contributed by atoms with Crippen LogP contribution in [-0.2, 0) is 14.8 Å². The van der Waals surface area contributed by atoms with Crippen molar-refractivity contribution in [1.29, 1.82) is 0 Å². The molecule has 1 aromatic carbocycles. The van der Waals surface area contributed by atoms with Crippen LogP contribution in [0.2, 0.25) is 10.0 Å². The molecule has 0 radical (unpaired) electrons. The van der Waals surface area contributed by atoms with Gasteiger partial charge in [0, 0.05) is 19.7 Å². The summed E-state index contributed by atoms with van der Waals surface area (Å²) in [4.78, 5) is 0.0594. The summed E-state index contributed by atoms with van der Waals surface area (Å²) in [5, 5.41) is 0.313. The zero-order valence-corrected chi connectivity index (χ0v) is 15.7. The van der Waals surface area contributed by atoms with E-state index in [0.29, 0.717) is 39.1 Å². The summed E-state index contributed by atoms with van der Waals surface area (Å²) in [6, 6.07) is 4.64. The monoisotopic (exact) mass is 402 g/mol. The SMILES string of the molecule is Cl.NCCCOC1CCN(S(=O)(=O)c2cccc(Cl)c2Cl)CC1. The van der Waals surface area contributed by atoms with Gasteiger partial charge < -0.3 is 10.5 Å². The molecule has 1 saturated heterocycles. The number of hydrogen-bond acceptors (Lipinski definition) is 4. The van der Waals surface area contributed by atoms with Crippen LogP contribution in [0.3, 0.4) is 0 Å². The molecule has 0 aliphatic carbocycles. The lowest BCUT2D eigenvalue weighted by Gasteiger charge is -2.31. The van der Waals surface area contributed by atoms with Gasteiger partial charge in [-0.1, -0.05) is 29.3 Å². The molecule has 1 aliphatic rings. The van der Waals surface area contributed by atoms with E-state index in [4.69, 9.17) is 33.7 Å². The van der Waals surface area contributed by atoms with Crippen molar-refractivity contribution in [2.24, 2.45) is 5.73 Å². The predicted octanol–water partition coefficient (Wildman–Crippen LogP) is 2.93. The fourth-order valence-corrected chi connectivity index (χ4v) is 4.60. The lowest BCUT2D eigenvalue weighted by atomic mass is 10.1. The molecule has 2 rings (SSSR count). The molecular formula is C14H21Cl3N2O3S. The molecule has 0 atom stereocenters. The number of hydrogen-bond donors (Lipinski definition) is 1. The number of benzene rings is 1. The van der Waals surface area contributed by atoms with Gasteiger partial charge >= 0.3 is 0 Å². The van der Waals surface area contributed by atoms with E-state index in [0.717, 1.165) is 6.42 Å². The van der Waals surface area contributed by atoms with Crippen LogP contribution in [0.1, 0.15) is 19.3 Å². The average Bonchev–Trinajstić information content (AvgIpc) is 2.50. The second-order valence-corrected chi connectivity index (χ2v) is 7.86. The molecule has 0 amide bonds. The van der Waals surface area contributed by atoms with Gasteiger partial charge in [-0.15, -0.1) is 12.4 Å². The Morgan fingerprint density at radius 1 is 1.26 bits per heavy atom. The van der Waals surface area contributed by atoms with Crippen molar-refractivity contribution in [3.05, 3.63) is 28.2 Å². The third-order valence-corrected chi connectivity index (χ3v) is 6.51. The maximum atomic E-state index is 12.7. The zero-order chi connectivity index (χ0) is 16.2. The van der Waals surface area contributed by atoms with Gasteiger partial charge in [0.2, 0.25) is 10.0 Å². The molecule has 9 heteroatoms. The summed E-state index contributed by atoms with van der Waals surface area (Å²) in [6.07, 6.45) is 2.24. The largest absolute Gasteiger partial charge is 0.378 e. The van der Waals surface area contributed by atoms with Crippen LogP contribution in [0.15, 0.2) is 23.1 Å². The van der Waals surface area contributed by atoms with Crippen molar-refractivity contribution in [2.45, 2.75) is 30.3 Å². The Kier molecular flexibility index (Phi) is 8.58. The summed E-state index contributed by atoms with van der Waals surface area (Å²) in [5.41, 5.74) is 5.42. The van der Waals surface area contributed by atoms with Crippen molar-refractivity contribution in [2.75, 3.05) is 26.2 Å². The highest BCUT2D eigenvalue weighted by atomic mass is 35.5. The number of rotatable bonds is 6. The van der Waals surface area contributed by atoms with E-state index in [9.17, 15) is 8.42 Å². The van der Waals surface area contributed by atoms with E-state index in [1.807, 2.05) is 0 Å². The second kappa shape index (κ2) is 9.42. The number of nitrogens with zero attached hydrogens (tertiary/aromatic N) is 1. The first-order chi connectivity index (χ1) is 10.5. The van der Waals surface area contributed by atoms with E-state index in [-0.39, 0.29) is 33.5 Å². The quantitative estimate of drug-likeness (QED) is 0.741. The Morgan fingerprint density at radius 2 is 1.91 bits per heavy atom. The number of piperidine rings is 1. The Hall–Kier alpha value is -0.0800. The fraction of sp³-hybridized carbons (Fsp3) is 0.571. The molecule has 5 nitrogen and oxygen atoms in total. The highest BCUT2D eigenvalue weighted by Crippen LogP contribution is 2.32. The standard InChI is InChI=1S/C14H20Cl2N2O3S.ClH/c15-12-3-1-4-13(14(12)16)22(19,20)18-8-5-11(6-9-18)21-10-2-7-17;/h1,3-4,11H,2,5-10,17H2;1H. The van der Waals surface area contributed by atoms with Crippen molar-refractivity contribution >= 4 is 45.6 Å². The number of nitrogens with two attached hydrogens (primary N) is 1. The fourth-order valence-electron chi connectivity index (χ4n) is 2.39. The molecular weight excluding hydrogens is 383 g/mol. The third kappa shape index (κ3) is 5.19. The van der Waals surface area contributed by atoms with Crippen LogP contribution >= 0.6 is 35.6 Å². The van der Waals surface area contributed by atoms with Crippen molar-refractivity contribution in [1.82, 2.24) is 4.31 Å². The topological polar surface area (TPSA) is 72.6 Å². The summed E-state index contributed by atoms with van der Waals surface area (Å²) in [5.74, 6) is 0. The van der Waals surface area contributed by atoms with E-state index >= 15 is 0 Å². The molecule has 1 aliphatic heterocycles. The van der Waals surface area contributed by atoms with Crippen LogP contribution in [-0.4, -0.2) is 45.1 Å². The van der Waals surface area contributed by atoms with Gasteiger partial charge in [0.15, 0.2) is 0 Å². The Labute approximate surface area is 153 Å². The summed E-state index contributed by atoms with van der Waals surface area (Å²) < 4.78 is 32.4. The van der Waals surface area contributed by atoms with Crippen LogP contribution in [0, 0.1) is 0 Å². The third-order valence-electron chi connectivity index (χ3n) is 3.64. The number of halogens is 3. The van der Waals surface area contributed by atoms with E-state index in [2.05, 4.69) is 0 Å². The molecule has 0 spiro atoms. The van der Waals surface area contributed by atoms with Crippen LogP contribution in [0.25, 0.3) is 0 Å². The van der Waals surface area contributed by atoms with E-state index in [1.165, 1.54) is 10.4 Å². The summed E-state index contributed by atoms with van der Waals surface area (Å²) >= 11 is 11.9. The Balaban J connectivity index is 0.00000264. The second-order valence-electron chi connectivity index (χ2n) is 5.17. The van der Waals surface area contributed by atoms with Crippen molar-refractivity contribution < 1.29 is 13.2 Å². The molecule has 0 bridgehead atoms. The predicted molar refractivity (Wildman–Crippen MR) is 95.1 cm³/mol. The first-order valence-electron chi connectivity index (χ1n) is 7.22. The normalized spacial score (nSPS) is 17.0. The van der Waals surface area contributed by atoms with Gasteiger partial charge in [0.05, 0.1) is 16.1 Å². The van der Waals surface area contributed by atoms with Gasteiger partial charge in [-0.2, -0.15) is 4.31 Å². The molecule has 0 saturated carbocycles. The Morgan fingerprint density at radius 3 is 2.52 bits per heavy atom. The molecule has 132 valence electrons. The van der Waals surface area contributed by atoms with Crippen LogP contribution in [0.4, 0.5) is 0 Å². The van der Waals surface area contributed by atoms with Gasteiger partial charge in [-0.25, -0.2) is 8.42 Å². The average molecular weight is 404 g/mol. The molecule has 23 heavy (non-hydrogen) atoms. The molecule has 0 unspecified atom stereocenters. The van der Waals surface area contributed by atoms with Gasteiger partial charge in [-0.05, 0) is 37.9 Å². The van der Waals surface area contributed by atoms with Crippen LogP contribution in [0.5, 0.6) is 0 Å². The smallest absolute Gasteiger partial charge is 0.244 e. The first-order valence-corrected chi connectivity index (χ1v) is 9.42. The molecule has 1 heterocycles. The lowest BCUT2D eigenvalue weighted by molar-refractivity contribution is 0.0209. The van der Waals surface area contributed by atoms with Crippen LogP contribution < -0.4 is 5.73 Å². The minimum Gasteiger partial charge on any atom is -0.378 e. The molecule has 2 N–H and O–H groups in total.